The van der Waals surface area contributed by atoms with Crippen molar-refractivity contribution in [3.05, 3.63) is 40.2 Å². The number of hydrogen-bond donors (Lipinski definition) is 1. The highest BCUT2D eigenvalue weighted by Gasteiger charge is 2.19. The quantitative estimate of drug-likeness (QED) is 0.780. The van der Waals surface area contributed by atoms with Crippen LogP contribution in [0.1, 0.15) is 43.6 Å². The summed E-state index contributed by atoms with van der Waals surface area (Å²) in [5, 5.41) is 10.4. The molecule has 1 aliphatic rings. The number of rotatable bonds is 1. The van der Waals surface area contributed by atoms with E-state index in [9.17, 15) is 9.90 Å². The van der Waals surface area contributed by atoms with Crippen molar-refractivity contribution < 1.29 is 9.52 Å². The van der Waals surface area contributed by atoms with Crippen molar-refractivity contribution in [2.75, 3.05) is 0 Å². The first kappa shape index (κ1) is 11.3. The summed E-state index contributed by atoms with van der Waals surface area (Å²) in [6, 6.07) is 6.63. The third-order valence-corrected chi connectivity index (χ3v) is 3.81. The fourth-order valence-electron chi connectivity index (χ4n) is 2.93. The van der Waals surface area contributed by atoms with Crippen LogP contribution in [0.2, 0.25) is 0 Å². The largest absolute Gasteiger partial charge is 0.508 e. The maximum absolute atomic E-state index is 11.6. The van der Waals surface area contributed by atoms with Gasteiger partial charge in [-0.1, -0.05) is 19.3 Å². The molecular formula is C15H16O3. The van der Waals surface area contributed by atoms with Crippen molar-refractivity contribution in [2.45, 2.75) is 38.0 Å². The molecule has 0 saturated heterocycles. The Morgan fingerprint density at radius 3 is 2.67 bits per heavy atom. The van der Waals surface area contributed by atoms with Crippen LogP contribution in [-0.2, 0) is 0 Å². The Balaban J connectivity index is 2.17. The highest BCUT2D eigenvalue weighted by atomic mass is 16.4. The molecule has 18 heavy (non-hydrogen) atoms. The van der Waals surface area contributed by atoms with Crippen molar-refractivity contribution in [3.8, 4) is 5.75 Å². The number of benzene rings is 1. The first-order chi connectivity index (χ1) is 8.74. The Labute approximate surface area is 105 Å². The molecule has 0 amide bonds. The van der Waals surface area contributed by atoms with Gasteiger partial charge in [0.05, 0.1) is 0 Å². The van der Waals surface area contributed by atoms with Crippen LogP contribution in [0.25, 0.3) is 11.0 Å². The van der Waals surface area contributed by atoms with Gasteiger partial charge in [-0.15, -0.1) is 0 Å². The fourth-order valence-corrected chi connectivity index (χ4v) is 2.93. The molecular weight excluding hydrogens is 228 g/mol. The first-order valence-electron chi connectivity index (χ1n) is 6.51. The standard InChI is InChI=1S/C15H16O3/c16-11-6-7-12-13(10-4-2-1-3-5-10)9-15(17)18-14(12)8-11/h6-10,16H,1-5H2. The van der Waals surface area contributed by atoms with Crippen LogP contribution in [0.4, 0.5) is 0 Å². The minimum absolute atomic E-state index is 0.131. The maximum atomic E-state index is 11.6. The molecule has 1 heterocycles. The Hall–Kier alpha value is -1.77. The van der Waals surface area contributed by atoms with E-state index < -0.39 is 0 Å². The van der Waals surface area contributed by atoms with Crippen molar-refractivity contribution in [1.29, 1.82) is 0 Å². The molecule has 0 atom stereocenters. The molecule has 1 fully saturated rings. The number of phenols is 1. The Morgan fingerprint density at radius 1 is 1.11 bits per heavy atom. The van der Waals surface area contributed by atoms with Crippen LogP contribution in [0, 0.1) is 0 Å². The minimum atomic E-state index is -0.325. The molecule has 2 aromatic rings. The van der Waals surface area contributed by atoms with E-state index >= 15 is 0 Å². The normalized spacial score (nSPS) is 17.1. The lowest BCUT2D eigenvalue weighted by Crippen LogP contribution is -2.09. The van der Waals surface area contributed by atoms with Crippen molar-refractivity contribution in [3.63, 3.8) is 0 Å². The number of hydrogen-bond acceptors (Lipinski definition) is 3. The summed E-state index contributed by atoms with van der Waals surface area (Å²) in [6.45, 7) is 0. The van der Waals surface area contributed by atoms with E-state index in [4.69, 9.17) is 4.42 Å². The molecule has 1 N–H and O–H groups in total. The van der Waals surface area contributed by atoms with Gasteiger partial charge in [0.15, 0.2) is 0 Å². The van der Waals surface area contributed by atoms with Gasteiger partial charge in [0.2, 0.25) is 0 Å². The average molecular weight is 244 g/mol. The second kappa shape index (κ2) is 4.48. The highest BCUT2D eigenvalue weighted by Crippen LogP contribution is 2.36. The highest BCUT2D eigenvalue weighted by molar-refractivity contribution is 5.82. The van der Waals surface area contributed by atoms with E-state index in [1.807, 2.05) is 6.07 Å². The Kier molecular flexibility index (Phi) is 2.82. The molecule has 0 spiro atoms. The van der Waals surface area contributed by atoms with Crippen LogP contribution >= 0.6 is 0 Å². The van der Waals surface area contributed by atoms with Crippen LogP contribution in [0.15, 0.2) is 33.5 Å². The second-order valence-corrected chi connectivity index (χ2v) is 5.04. The van der Waals surface area contributed by atoms with Gasteiger partial charge >= 0.3 is 5.63 Å². The van der Waals surface area contributed by atoms with E-state index in [1.54, 1.807) is 12.1 Å². The summed E-state index contributed by atoms with van der Waals surface area (Å²) in [6.07, 6.45) is 6.02. The summed E-state index contributed by atoms with van der Waals surface area (Å²) in [5.74, 6) is 0.585. The monoisotopic (exact) mass is 244 g/mol. The molecule has 94 valence electrons. The molecule has 1 saturated carbocycles. The molecule has 3 rings (SSSR count). The fraction of sp³-hybridized carbons (Fsp3) is 0.400. The van der Waals surface area contributed by atoms with Gasteiger partial charge in [-0.3, -0.25) is 0 Å². The van der Waals surface area contributed by atoms with Gasteiger partial charge in [-0.2, -0.15) is 0 Å². The summed E-state index contributed by atoms with van der Waals surface area (Å²) in [5.41, 5.74) is 1.25. The molecule has 0 radical (unpaired) electrons. The van der Waals surface area contributed by atoms with E-state index in [0.717, 1.165) is 23.8 Å². The lowest BCUT2D eigenvalue weighted by Gasteiger charge is -2.22. The van der Waals surface area contributed by atoms with E-state index in [2.05, 4.69) is 0 Å². The molecule has 0 bridgehead atoms. The molecule has 0 unspecified atom stereocenters. The van der Waals surface area contributed by atoms with Crippen LogP contribution < -0.4 is 5.63 Å². The van der Waals surface area contributed by atoms with E-state index in [1.165, 1.54) is 25.3 Å². The zero-order valence-corrected chi connectivity index (χ0v) is 10.2. The molecule has 1 aromatic heterocycles. The van der Waals surface area contributed by atoms with Crippen molar-refractivity contribution in [1.82, 2.24) is 0 Å². The lowest BCUT2D eigenvalue weighted by atomic mass is 9.83. The zero-order valence-electron chi connectivity index (χ0n) is 10.2. The van der Waals surface area contributed by atoms with Gasteiger partial charge < -0.3 is 9.52 Å². The lowest BCUT2D eigenvalue weighted by molar-refractivity contribution is 0.441. The van der Waals surface area contributed by atoms with Crippen molar-refractivity contribution >= 4 is 11.0 Å². The summed E-state index contributed by atoms with van der Waals surface area (Å²) < 4.78 is 5.16. The number of fused-ring (bicyclic) bond motifs is 1. The second-order valence-electron chi connectivity index (χ2n) is 5.04. The maximum Gasteiger partial charge on any atom is 0.336 e. The van der Waals surface area contributed by atoms with Gasteiger partial charge in [0.1, 0.15) is 11.3 Å². The van der Waals surface area contributed by atoms with E-state index in [-0.39, 0.29) is 11.4 Å². The van der Waals surface area contributed by atoms with Gasteiger partial charge in [0, 0.05) is 17.5 Å². The zero-order chi connectivity index (χ0) is 12.5. The van der Waals surface area contributed by atoms with Crippen LogP contribution in [0.3, 0.4) is 0 Å². The smallest absolute Gasteiger partial charge is 0.336 e. The number of phenolic OH excluding ortho intramolecular Hbond substituents is 1. The Morgan fingerprint density at radius 2 is 1.89 bits per heavy atom. The first-order valence-corrected chi connectivity index (χ1v) is 6.51. The Bertz CT molecular complexity index is 621. The minimum Gasteiger partial charge on any atom is -0.508 e. The molecule has 1 aliphatic carbocycles. The van der Waals surface area contributed by atoms with Crippen LogP contribution in [-0.4, -0.2) is 5.11 Å². The summed E-state index contributed by atoms with van der Waals surface area (Å²) in [4.78, 5) is 11.6. The predicted molar refractivity (Wildman–Crippen MR) is 70.0 cm³/mol. The van der Waals surface area contributed by atoms with E-state index in [0.29, 0.717) is 11.5 Å². The molecule has 1 aromatic carbocycles. The molecule has 0 aliphatic heterocycles. The third kappa shape index (κ3) is 2.01. The molecule has 3 nitrogen and oxygen atoms in total. The summed E-state index contributed by atoms with van der Waals surface area (Å²) >= 11 is 0. The average Bonchev–Trinajstić information content (AvgIpc) is 2.38. The van der Waals surface area contributed by atoms with Crippen LogP contribution in [0.5, 0.6) is 5.75 Å². The number of aromatic hydroxyl groups is 1. The van der Waals surface area contributed by atoms with Gasteiger partial charge in [-0.25, -0.2) is 4.79 Å². The topological polar surface area (TPSA) is 50.4 Å². The predicted octanol–water partition coefficient (Wildman–Crippen LogP) is 3.55. The van der Waals surface area contributed by atoms with Gasteiger partial charge in [-0.05, 0) is 36.5 Å². The van der Waals surface area contributed by atoms with Crippen molar-refractivity contribution in [2.24, 2.45) is 0 Å². The summed E-state index contributed by atoms with van der Waals surface area (Å²) in [7, 11) is 0. The molecule has 3 heteroatoms. The van der Waals surface area contributed by atoms with Gasteiger partial charge in [0.25, 0.3) is 0 Å². The third-order valence-electron chi connectivity index (χ3n) is 3.81. The SMILES string of the molecule is O=c1cc(C2CCCCC2)c2ccc(O)cc2o1.